The highest BCUT2D eigenvalue weighted by molar-refractivity contribution is 6.07. The van der Waals surface area contributed by atoms with Crippen LogP contribution in [-0.4, -0.2) is 0 Å². The Morgan fingerprint density at radius 3 is 1.80 bits per heavy atom. The zero-order valence-corrected chi connectivity index (χ0v) is 25.1. The Morgan fingerprint density at radius 2 is 0.957 bits per heavy atom. The number of rotatable bonds is 3. The lowest BCUT2D eigenvalue weighted by molar-refractivity contribution is 0.488. The van der Waals surface area contributed by atoms with Crippen molar-refractivity contribution < 1.29 is 4.74 Å². The van der Waals surface area contributed by atoms with Gasteiger partial charge in [0.15, 0.2) is 0 Å². The number of hydrogen-bond donors (Lipinski definition) is 0. The molecule has 2 aliphatic rings. The van der Waals surface area contributed by atoms with Crippen molar-refractivity contribution in [3.8, 4) is 44.9 Å². The molecule has 1 aliphatic heterocycles. The Kier molecular flexibility index (Phi) is 5.27. The summed E-state index contributed by atoms with van der Waals surface area (Å²) in [6.07, 6.45) is 0. The molecule has 46 heavy (non-hydrogen) atoms. The van der Waals surface area contributed by atoms with Gasteiger partial charge in [-0.1, -0.05) is 164 Å². The van der Waals surface area contributed by atoms with Gasteiger partial charge in [0.05, 0.1) is 5.41 Å². The molecule has 0 amide bonds. The first-order valence-corrected chi connectivity index (χ1v) is 15.9. The molecular formula is C45H28O. The molecule has 0 N–H and O–H groups in total. The summed E-state index contributed by atoms with van der Waals surface area (Å²) in [5.74, 6) is 1.82. The van der Waals surface area contributed by atoms with Crippen LogP contribution in [0.4, 0.5) is 0 Å². The Balaban J connectivity index is 1.32. The third kappa shape index (κ3) is 3.29. The van der Waals surface area contributed by atoms with Crippen molar-refractivity contribution in [1.29, 1.82) is 0 Å². The van der Waals surface area contributed by atoms with Gasteiger partial charge in [-0.25, -0.2) is 0 Å². The molecule has 10 rings (SSSR count). The summed E-state index contributed by atoms with van der Waals surface area (Å²) in [6, 6.07) is 62.0. The van der Waals surface area contributed by atoms with Crippen molar-refractivity contribution in [2.45, 2.75) is 5.41 Å². The van der Waals surface area contributed by atoms with E-state index in [1.54, 1.807) is 0 Å². The predicted molar refractivity (Wildman–Crippen MR) is 190 cm³/mol. The molecule has 0 aromatic heterocycles. The summed E-state index contributed by atoms with van der Waals surface area (Å²) in [4.78, 5) is 0. The minimum atomic E-state index is -0.539. The summed E-state index contributed by atoms with van der Waals surface area (Å²) in [5.41, 5.74) is 11.8. The maximum Gasteiger partial charge on any atom is 0.143 e. The number of fused-ring (bicyclic) bond motifs is 7. The van der Waals surface area contributed by atoms with Gasteiger partial charge in [-0.15, -0.1) is 0 Å². The van der Waals surface area contributed by atoms with Crippen molar-refractivity contribution >= 4 is 21.5 Å². The molecule has 0 spiro atoms. The van der Waals surface area contributed by atoms with Gasteiger partial charge in [-0.3, -0.25) is 0 Å². The zero-order valence-electron chi connectivity index (χ0n) is 25.1. The van der Waals surface area contributed by atoms with Crippen LogP contribution in [0.3, 0.4) is 0 Å². The Hall–Kier alpha value is -5.92. The van der Waals surface area contributed by atoms with E-state index < -0.39 is 5.41 Å². The molecule has 0 saturated carbocycles. The van der Waals surface area contributed by atoms with Crippen molar-refractivity contribution in [1.82, 2.24) is 0 Å². The van der Waals surface area contributed by atoms with Crippen LogP contribution in [-0.2, 0) is 5.41 Å². The van der Waals surface area contributed by atoms with E-state index in [9.17, 15) is 0 Å². The lowest BCUT2D eigenvalue weighted by atomic mass is 9.65. The summed E-state index contributed by atoms with van der Waals surface area (Å²) in [7, 11) is 0. The first-order chi connectivity index (χ1) is 22.8. The van der Waals surface area contributed by atoms with E-state index in [4.69, 9.17) is 4.74 Å². The fourth-order valence-electron chi connectivity index (χ4n) is 8.33. The van der Waals surface area contributed by atoms with Crippen molar-refractivity contribution in [3.05, 3.63) is 192 Å². The Bertz CT molecular complexity index is 2500. The molecule has 1 nitrogen and oxygen atoms in total. The standard InChI is InChI=1S/C45H28O/c1-2-16-31(17-3-1)45(39-25-9-7-20-37(39)43-32-18-5-4-13-29(32)27-28-40(43)45)38-24-8-6-19-33(38)35-22-12-23-36-34-21-10-14-30-15-11-26-41(42(30)34)46-44(35)36/h1-28H. The highest BCUT2D eigenvalue weighted by Crippen LogP contribution is 2.60. The van der Waals surface area contributed by atoms with E-state index >= 15 is 0 Å². The summed E-state index contributed by atoms with van der Waals surface area (Å²) >= 11 is 0. The third-order valence-corrected chi connectivity index (χ3v) is 10.1. The minimum Gasteiger partial charge on any atom is -0.455 e. The summed E-state index contributed by atoms with van der Waals surface area (Å²) < 4.78 is 6.89. The number of hydrogen-bond acceptors (Lipinski definition) is 1. The smallest absolute Gasteiger partial charge is 0.143 e. The van der Waals surface area contributed by atoms with Crippen molar-refractivity contribution in [2.75, 3.05) is 0 Å². The molecule has 8 aromatic rings. The second-order valence-electron chi connectivity index (χ2n) is 12.4. The quantitative estimate of drug-likeness (QED) is 0.201. The molecule has 0 radical (unpaired) electrons. The van der Waals surface area contributed by atoms with Crippen LogP contribution in [0.25, 0.3) is 54.9 Å². The van der Waals surface area contributed by atoms with Gasteiger partial charge in [0.2, 0.25) is 0 Å². The molecule has 1 aliphatic carbocycles. The van der Waals surface area contributed by atoms with E-state index in [0.717, 1.165) is 22.6 Å². The number of benzene rings is 8. The van der Waals surface area contributed by atoms with E-state index in [2.05, 4.69) is 170 Å². The molecule has 0 bridgehead atoms. The lowest BCUT2D eigenvalue weighted by Gasteiger charge is -2.36. The van der Waals surface area contributed by atoms with Gasteiger partial charge in [-0.05, 0) is 66.7 Å². The van der Waals surface area contributed by atoms with Crippen LogP contribution >= 0.6 is 0 Å². The minimum absolute atomic E-state index is 0.539. The van der Waals surface area contributed by atoms with Gasteiger partial charge in [0, 0.05) is 16.5 Å². The molecular weight excluding hydrogens is 556 g/mol. The van der Waals surface area contributed by atoms with Crippen molar-refractivity contribution in [2.24, 2.45) is 0 Å². The zero-order chi connectivity index (χ0) is 30.2. The molecule has 1 heteroatoms. The van der Waals surface area contributed by atoms with Crippen LogP contribution in [0.5, 0.6) is 11.5 Å². The topological polar surface area (TPSA) is 9.23 Å². The monoisotopic (exact) mass is 584 g/mol. The fourth-order valence-corrected chi connectivity index (χ4v) is 8.33. The Labute approximate surface area is 268 Å². The normalized spacial score (nSPS) is 15.7. The van der Waals surface area contributed by atoms with Crippen LogP contribution < -0.4 is 4.74 Å². The van der Waals surface area contributed by atoms with Crippen LogP contribution in [0.1, 0.15) is 22.3 Å². The first kappa shape index (κ1) is 25.4. The molecule has 0 saturated heterocycles. The molecule has 214 valence electrons. The maximum absolute atomic E-state index is 6.89. The SMILES string of the molecule is c1ccc(C2(c3ccccc3-c3cccc4c3Oc3cccc5cccc-4c35)c3ccccc3-c3c2ccc2ccccc32)cc1. The molecule has 1 heterocycles. The molecule has 1 atom stereocenters. The van der Waals surface area contributed by atoms with Gasteiger partial charge in [0.1, 0.15) is 11.5 Å². The highest BCUT2D eigenvalue weighted by atomic mass is 16.5. The van der Waals surface area contributed by atoms with Crippen LogP contribution in [0.15, 0.2) is 170 Å². The largest absolute Gasteiger partial charge is 0.455 e. The van der Waals surface area contributed by atoms with Gasteiger partial charge >= 0.3 is 0 Å². The lowest BCUT2D eigenvalue weighted by Crippen LogP contribution is -2.29. The van der Waals surface area contributed by atoms with E-state index in [0.29, 0.717) is 0 Å². The summed E-state index contributed by atoms with van der Waals surface area (Å²) in [5, 5.41) is 4.91. The summed E-state index contributed by atoms with van der Waals surface area (Å²) in [6.45, 7) is 0. The second-order valence-corrected chi connectivity index (χ2v) is 12.4. The number of para-hydroxylation sites is 1. The van der Waals surface area contributed by atoms with Gasteiger partial charge < -0.3 is 4.74 Å². The first-order valence-electron chi connectivity index (χ1n) is 15.9. The maximum atomic E-state index is 6.89. The second kappa shape index (κ2) is 9.54. The molecule has 8 aromatic carbocycles. The van der Waals surface area contributed by atoms with Crippen LogP contribution in [0.2, 0.25) is 0 Å². The average Bonchev–Trinajstić information content (AvgIpc) is 3.43. The highest BCUT2D eigenvalue weighted by Gasteiger charge is 2.48. The average molecular weight is 585 g/mol. The molecule has 1 unspecified atom stereocenters. The van der Waals surface area contributed by atoms with E-state index in [1.165, 1.54) is 66.1 Å². The van der Waals surface area contributed by atoms with Gasteiger partial charge in [0.25, 0.3) is 0 Å². The fraction of sp³-hybridized carbons (Fsp3) is 0.0222. The number of ether oxygens (including phenoxy) is 1. The van der Waals surface area contributed by atoms with Crippen LogP contribution in [0, 0.1) is 0 Å². The van der Waals surface area contributed by atoms with Crippen molar-refractivity contribution in [3.63, 3.8) is 0 Å². The Morgan fingerprint density at radius 1 is 0.370 bits per heavy atom. The molecule has 0 fully saturated rings. The van der Waals surface area contributed by atoms with Gasteiger partial charge in [-0.2, -0.15) is 0 Å². The van der Waals surface area contributed by atoms with E-state index in [1.807, 2.05) is 0 Å². The van der Waals surface area contributed by atoms with E-state index in [-0.39, 0.29) is 0 Å². The third-order valence-electron chi connectivity index (χ3n) is 10.1. The predicted octanol–water partition coefficient (Wildman–Crippen LogP) is 11.8.